The zero-order valence-corrected chi connectivity index (χ0v) is 13.5. The predicted molar refractivity (Wildman–Crippen MR) is 96.3 cm³/mol. The summed E-state index contributed by atoms with van der Waals surface area (Å²) in [4.78, 5) is 13.2. The highest BCUT2D eigenvalue weighted by molar-refractivity contribution is 5.69. The molecule has 0 bridgehead atoms. The second kappa shape index (κ2) is 6.57. The third-order valence-electron chi connectivity index (χ3n) is 3.92. The monoisotopic (exact) mass is 328 g/mol. The number of para-hydroxylation sites is 1. The summed E-state index contributed by atoms with van der Waals surface area (Å²) in [5.41, 5.74) is 3.07. The summed E-state index contributed by atoms with van der Waals surface area (Å²) in [6, 6.07) is 15.7. The van der Waals surface area contributed by atoms with Crippen molar-refractivity contribution in [3.8, 4) is 17.3 Å². The second-order valence-corrected chi connectivity index (χ2v) is 5.90. The maximum Gasteiger partial charge on any atom is 0.225 e. The van der Waals surface area contributed by atoms with E-state index in [0.29, 0.717) is 23.4 Å². The normalized spacial score (nSPS) is 13.1. The lowest BCUT2D eigenvalue weighted by molar-refractivity contribution is 1.06. The Balaban J connectivity index is 1.72. The molecular formula is C19H16N6. The lowest BCUT2D eigenvalue weighted by atomic mass is 10.2. The standard InChI is InChI=1S/C19H16N6/c20-12-14-3-1-2-4-16(14)23-18-11-17(13-7-9-21-10-8-13)24-19(25-18)22-15-5-6-15/h1-4,7-11,15H,5-6H2,(H2,22,23,24,25). The molecule has 1 fully saturated rings. The highest BCUT2D eigenvalue weighted by atomic mass is 15.2. The van der Waals surface area contributed by atoms with Crippen molar-refractivity contribution in [2.45, 2.75) is 18.9 Å². The number of anilines is 3. The molecular weight excluding hydrogens is 312 g/mol. The van der Waals surface area contributed by atoms with E-state index in [0.717, 1.165) is 29.8 Å². The van der Waals surface area contributed by atoms with E-state index in [1.165, 1.54) is 0 Å². The number of rotatable bonds is 5. The molecule has 4 rings (SSSR count). The number of nitriles is 1. The van der Waals surface area contributed by atoms with E-state index in [9.17, 15) is 5.26 Å². The Morgan fingerprint density at radius 1 is 1.04 bits per heavy atom. The lowest BCUT2D eigenvalue weighted by Crippen LogP contribution is -2.08. The first kappa shape index (κ1) is 15.1. The average Bonchev–Trinajstić information content (AvgIpc) is 3.47. The molecule has 25 heavy (non-hydrogen) atoms. The molecule has 0 saturated heterocycles. The lowest BCUT2D eigenvalue weighted by Gasteiger charge is -2.12. The molecule has 1 saturated carbocycles. The van der Waals surface area contributed by atoms with Gasteiger partial charge in [-0.05, 0) is 37.1 Å². The molecule has 0 amide bonds. The number of hydrogen-bond donors (Lipinski definition) is 2. The molecule has 0 radical (unpaired) electrons. The molecule has 2 heterocycles. The minimum absolute atomic E-state index is 0.451. The van der Waals surface area contributed by atoms with Crippen molar-refractivity contribution in [2.24, 2.45) is 0 Å². The molecule has 0 spiro atoms. The number of benzene rings is 1. The Bertz CT molecular complexity index is 928. The first-order valence-corrected chi connectivity index (χ1v) is 8.14. The minimum atomic E-state index is 0.451. The Morgan fingerprint density at radius 3 is 2.60 bits per heavy atom. The molecule has 0 unspecified atom stereocenters. The molecule has 1 aliphatic rings. The van der Waals surface area contributed by atoms with Crippen LogP contribution in [0.3, 0.4) is 0 Å². The highest BCUT2D eigenvalue weighted by Gasteiger charge is 2.22. The Kier molecular flexibility index (Phi) is 3.97. The first-order chi connectivity index (χ1) is 12.3. The third kappa shape index (κ3) is 3.56. The van der Waals surface area contributed by atoms with Crippen LogP contribution in [-0.2, 0) is 0 Å². The van der Waals surface area contributed by atoms with Gasteiger partial charge < -0.3 is 10.6 Å². The van der Waals surface area contributed by atoms with Crippen molar-refractivity contribution in [1.82, 2.24) is 15.0 Å². The van der Waals surface area contributed by atoms with Crippen molar-refractivity contribution in [1.29, 1.82) is 5.26 Å². The van der Waals surface area contributed by atoms with Gasteiger partial charge in [-0.3, -0.25) is 4.98 Å². The molecule has 0 aliphatic heterocycles. The van der Waals surface area contributed by atoms with Crippen molar-refractivity contribution in [2.75, 3.05) is 10.6 Å². The minimum Gasteiger partial charge on any atom is -0.351 e. The van der Waals surface area contributed by atoms with Gasteiger partial charge in [-0.25, -0.2) is 4.98 Å². The van der Waals surface area contributed by atoms with Crippen LogP contribution in [0, 0.1) is 11.3 Å². The third-order valence-corrected chi connectivity index (χ3v) is 3.92. The van der Waals surface area contributed by atoms with Gasteiger partial charge in [-0.15, -0.1) is 0 Å². The van der Waals surface area contributed by atoms with Crippen LogP contribution in [-0.4, -0.2) is 21.0 Å². The molecule has 1 aliphatic carbocycles. The number of aromatic nitrogens is 3. The second-order valence-electron chi connectivity index (χ2n) is 5.90. The van der Waals surface area contributed by atoms with Gasteiger partial charge in [-0.1, -0.05) is 12.1 Å². The van der Waals surface area contributed by atoms with E-state index in [4.69, 9.17) is 0 Å². The average molecular weight is 328 g/mol. The maximum atomic E-state index is 9.27. The van der Waals surface area contributed by atoms with Crippen molar-refractivity contribution >= 4 is 17.5 Å². The molecule has 2 N–H and O–H groups in total. The molecule has 1 aromatic carbocycles. The van der Waals surface area contributed by atoms with E-state index in [1.807, 2.05) is 36.4 Å². The van der Waals surface area contributed by atoms with Crippen LogP contribution in [0.2, 0.25) is 0 Å². The summed E-state index contributed by atoms with van der Waals surface area (Å²) in [6.45, 7) is 0. The van der Waals surface area contributed by atoms with Crippen molar-refractivity contribution in [3.63, 3.8) is 0 Å². The van der Waals surface area contributed by atoms with Gasteiger partial charge in [0, 0.05) is 30.1 Å². The maximum absolute atomic E-state index is 9.27. The van der Waals surface area contributed by atoms with E-state index in [1.54, 1.807) is 18.5 Å². The van der Waals surface area contributed by atoms with Gasteiger partial charge in [0.15, 0.2) is 0 Å². The number of nitrogens with zero attached hydrogens (tertiary/aromatic N) is 4. The van der Waals surface area contributed by atoms with Crippen LogP contribution < -0.4 is 10.6 Å². The molecule has 122 valence electrons. The molecule has 6 nitrogen and oxygen atoms in total. The Labute approximate surface area is 145 Å². The van der Waals surface area contributed by atoms with Crippen LogP contribution in [0.15, 0.2) is 54.9 Å². The first-order valence-electron chi connectivity index (χ1n) is 8.14. The zero-order chi connectivity index (χ0) is 17.1. The van der Waals surface area contributed by atoms with Crippen LogP contribution in [0.5, 0.6) is 0 Å². The summed E-state index contributed by atoms with van der Waals surface area (Å²) >= 11 is 0. The Morgan fingerprint density at radius 2 is 1.84 bits per heavy atom. The summed E-state index contributed by atoms with van der Waals surface area (Å²) in [6.07, 6.45) is 5.76. The summed E-state index contributed by atoms with van der Waals surface area (Å²) < 4.78 is 0. The predicted octanol–water partition coefficient (Wildman–Crippen LogP) is 3.73. The summed E-state index contributed by atoms with van der Waals surface area (Å²) in [5.74, 6) is 1.24. The summed E-state index contributed by atoms with van der Waals surface area (Å²) in [5, 5.41) is 15.8. The van der Waals surface area contributed by atoms with Crippen LogP contribution in [0.4, 0.5) is 17.5 Å². The fourth-order valence-electron chi connectivity index (χ4n) is 2.48. The van der Waals surface area contributed by atoms with Gasteiger partial charge in [0.25, 0.3) is 0 Å². The van der Waals surface area contributed by atoms with Crippen molar-refractivity contribution < 1.29 is 0 Å². The number of pyridine rings is 1. The fourth-order valence-corrected chi connectivity index (χ4v) is 2.48. The van der Waals surface area contributed by atoms with Crippen LogP contribution in [0.25, 0.3) is 11.3 Å². The van der Waals surface area contributed by atoms with Crippen LogP contribution >= 0.6 is 0 Å². The number of hydrogen-bond acceptors (Lipinski definition) is 6. The SMILES string of the molecule is N#Cc1ccccc1Nc1cc(-c2ccncc2)nc(NC2CC2)n1. The van der Waals surface area contributed by atoms with Gasteiger partial charge in [0.05, 0.1) is 16.9 Å². The van der Waals surface area contributed by atoms with E-state index >= 15 is 0 Å². The Hall–Kier alpha value is -3.46. The molecule has 3 aromatic rings. The summed E-state index contributed by atoms with van der Waals surface area (Å²) in [7, 11) is 0. The molecule has 6 heteroatoms. The van der Waals surface area contributed by atoms with Gasteiger partial charge in [0.1, 0.15) is 11.9 Å². The van der Waals surface area contributed by atoms with Crippen LogP contribution in [0.1, 0.15) is 18.4 Å². The highest BCUT2D eigenvalue weighted by Crippen LogP contribution is 2.27. The fraction of sp³-hybridized carbons (Fsp3) is 0.158. The molecule has 2 aromatic heterocycles. The topological polar surface area (TPSA) is 86.5 Å². The van der Waals surface area contributed by atoms with Crippen molar-refractivity contribution in [3.05, 3.63) is 60.4 Å². The van der Waals surface area contributed by atoms with Gasteiger partial charge >= 0.3 is 0 Å². The van der Waals surface area contributed by atoms with Gasteiger partial charge in [-0.2, -0.15) is 10.2 Å². The van der Waals surface area contributed by atoms with E-state index < -0.39 is 0 Å². The van der Waals surface area contributed by atoms with Gasteiger partial charge in [0.2, 0.25) is 5.95 Å². The molecule has 0 atom stereocenters. The smallest absolute Gasteiger partial charge is 0.225 e. The largest absolute Gasteiger partial charge is 0.351 e. The van der Waals surface area contributed by atoms with E-state index in [-0.39, 0.29) is 0 Å². The van der Waals surface area contributed by atoms with E-state index in [2.05, 4.69) is 31.7 Å². The number of nitrogens with one attached hydrogen (secondary N) is 2. The zero-order valence-electron chi connectivity index (χ0n) is 13.5. The quantitative estimate of drug-likeness (QED) is 0.742.